The average molecular weight is 249 g/mol. The zero-order valence-corrected chi connectivity index (χ0v) is 11.0. The molecule has 0 aliphatic rings. The minimum atomic E-state index is -0.983. The second-order valence-electron chi connectivity index (χ2n) is 4.62. The summed E-state index contributed by atoms with van der Waals surface area (Å²) in [6.07, 6.45) is 0. The van der Waals surface area contributed by atoms with Gasteiger partial charge in [-0.15, -0.1) is 0 Å². The van der Waals surface area contributed by atoms with Crippen molar-refractivity contribution in [2.75, 3.05) is 13.1 Å². The van der Waals surface area contributed by atoms with Crippen LogP contribution in [-0.4, -0.2) is 35.0 Å². The highest BCUT2D eigenvalue weighted by Crippen LogP contribution is 2.09. The summed E-state index contributed by atoms with van der Waals surface area (Å²) in [5.41, 5.74) is 0.723. The molecule has 0 heterocycles. The second-order valence-corrected chi connectivity index (χ2v) is 4.62. The predicted octanol–water partition coefficient (Wildman–Crippen LogP) is 2.50. The Balaban J connectivity index is 2.85. The molecular formula is C14H19NO3. The van der Waals surface area contributed by atoms with Crippen molar-refractivity contribution in [1.82, 2.24) is 4.90 Å². The van der Waals surface area contributed by atoms with Crippen LogP contribution in [0.2, 0.25) is 0 Å². The average Bonchev–Trinajstić information content (AvgIpc) is 2.35. The Morgan fingerprint density at radius 2 is 1.67 bits per heavy atom. The monoisotopic (exact) mass is 249 g/mol. The largest absolute Gasteiger partial charge is 0.478 e. The molecule has 18 heavy (non-hydrogen) atoms. The van der Waals surface area contributed by atoms with Crippen LogP contribution in [0.1, 0.15) is 41.5 Å². The summed E-state index contributed by atoms with van der Waals surface area (Å²) >= 11 is 0. The molecule has 1 rings (SSSR count). The lowest BCUT2D eigenvalue weighted by atomic mass is 10.1. The predicted molar refractivity (Wildman–Crippen MR) is 69.8 cm³/mol. The lowest BCUT2D eigenvalue weighted by molar-refractivity contribution is 0.0693. The number of hydrogen-bond acceptors (Lipinski definition) is 2. The van der Waals surface area contributed by atoms with Gasteiger partial charge in [0.15, 0.2) is 0 Å². The molecular weight excluding hydrogens is 230 g/mol. The van der Waals surface area contributed by atoms with E-state index in [2.05, 4.69) is 13.8 Å². The van der Waals surface area contributed by atoms with E-state index in [4.69, 9.17) is 5.11 Å². The fraction of sp³-hybridized carbons (Fsp3) is 0.429. The van der Waals surface area contributed by atoms with Gasteiger partial charge >= 0.3 is 5.97 Å². The molecule has 0 spiro atoms. The van der Waals surface area contributed by atoms with Crippen LogP contribution < -0.4 is 0 Å². The van der Waals surface area contributed by atoms with E-state index in [9.17, 15) is 9.59 Å². The third kappa shape index (κ3) is 3.58. The third-order valence-electron chi connectivity index (χ3n) is 2.63. The summed E-state index contributed by atoms with van der Waals surface area (Å²) in [5, 5.41) is 8.79. The van der Waals surface area contributed by atoms with E-state index in [1.54, 1.807) is 17.0 Å². The number of hydrogen-bond donors (Lipinski definition) is 1. The Bertz CT molecular complexity index is 423. The number of carbonyl (C=O) groups excluding carboxylic acids is 1. The van der Waals surface area contributed by atoms with Crippen LogP contribution in [0.15, 0.2) is 24.3 Å². The Morgan fingerprint density at radius 3 is 2.06 bits per heavy atom. The molecule has 4 heteroatoms. The molecule has 0 bridgehead atoms. The SMILES string of the molecule is CCN(CC(C)C)C(=O)c1ccc(C(=O)O)cc1. The zero-order valence-electron chi connectivity index (χ0n) is 11.0. The summed E-state index contributed by atoms with van der Waals surface area (Å²) in [6.45, 7) is 7.41. The highest BCUT2D eigenvalue weighted by molar-refractivity contribution is 5.95. The van der Waals surface area contributed by atoms with Gasteiger partial charge in [0.1, 0.15) is 0 Å². The Morgan fingerprint density at radius 1 is 1.17 bits per heavy atom. The first-order chi connectivity index (χ1) is 8.45. The van der Waals surface area contributed by atoms with Gasteiger partial charge in [0.25, 0.3) is 5.91 Å². The van der Waals surface area contributed by atoms with Crippen molar-refractivity contribution in [2.24, 2.45) is 5.92 Å². The summed E-state index contributed by atoms with van der Waals surface area (Å²) in [5.74, 6) is -0.626. The molecule has 0 fully saturated rings. The molecule has 1 amide bonds. The first kappa shape index (κ1) is 14.2. The molecule has 4 nitrogen and oxygen atoms in total. The number of amides is 1. The van der Waals surface area contributed by atoms with Crippen LogP contribution in [0, 0.1) is 5.92 Å². The lowest BCUT2D eigenvalue weighted by Gasteiger charge is -2.23. The third-order valence-corrected chi connectivity index (χ3v) is 2.63. The number of aromatic carboxylic acids is 1. The van der Waals surface area contributed by atoms with E-state index < -0.39 is 5.97 Å². The summed E-state index contributed by atoms with van der Waals surface area (Å²) in [7, 11) is 0. The van der Waals surface area contributed by atoms with E-state index in [0.717, 1.165) is 0 Å². The maximum atomic E-state index is 12.2. The summed E-state index contributed by atoms with van der Waals surface area (Å²) < 4.78 is 0. The van der Waals surface area contributed by atoms with Crippen LogP contribution in [0.25, 0.3) is 0 Å². The van der Waals surface area contributed by atoms with Gasteiger partial charge in [0, 0.05) is 18.7 Å². The molecule has 1 N–H and O–H groups in total. The number of nitrogens with zero attached hydrogens (tertiary/aromatic N) is 1. The Kier molecular flexibility index (Phi) is 4.89. The van der Waals surface area contributed by atoms with Gasteiger partial charge in [-0.3, -0.25) is 4.79 Å². The first-order valence-corrected chi connectivity index (χ1v) is 6.08. The molecule has 0 aromatic heterocycles. The molecule has 1 aromatic rings. The number of carbonyl (C=O) groups is 2. The minimum Gasteiger partial charge on any atom is -0.478 e. The number of rotatable bonds is 5. The Hall–Kier alpha value is -1.84. The first-order valence-electron chi connectivity index (χ1n) is 6.08. The van der Waals surface area contributed by atoms with Crippen LogP contribution >= 0.6 is 0 Å². The van der Waals surface area contributed by atoms with E-state index in [0.29, 0.717) is 24.6 Å². The van der Waals surface area contributed by atoms with Crippen molar-refractivity contribution in [3.8, 4) is 0 Å². The van der Waals surface area contributed by atoms with Crippen molar-refractivity contribution < 1.29 is 14.7 Å². The van der Waals surface area contributed by atoms with Gasteiger partial charge in [0.2, 0.25) is 0 Å². The molecule has 0 saturated carbocycles. The Labute approximate surface area is 107 Å². The van der Waals surface area contributed by atoms with Crippen molar-refractivity contribution in [2.45, 2.75) is 20.8 Å². The maximum Gasteiger partial charge on any atom is 0.335 e. The summed E-state index contributed by atoms with van der Waals surface area (Å²) in [6, 6.07) is 6.04. The number of carboxylic acids is 1. The van der Waals surface area contributed by atoms with Gasteiger partial charge in [-0.1, -0.05) is 13.8 Å². The molecule has 0 aliphatic heterocycles. The van der Waals surface area contributed by atoms with Crippen molar-refractivity contribution in [3.05, 3.63) is 35.4 Å². The van der Waals surface area contributed by atoms with Crippen LogP contribution in [0.5, 0.6) is 0 Å². The molecule has 0 aliphatic carbocycles. The van der Waals surface area contributed by atoms with Gasteiger partial charge in [0.05, 0.1) is 5.56 Å². The second kappa shape index (κ2) is 6.19. The van der Waals surface area contributed by atoms with Gasteiger partial charge in [-0.2, -0.15) is 0 Å². The van der Waals surface area contributed by atoms with Crippen molar-refractivity contribution in [3.63, 3.8) is 0 Å². The molecule has 0 radical (unpaired) electrons. The van der Waals surface area contributed by atoms with E-state index >= 15 is 0 Å². The molecule has 0 unspecified atom stereocenters. The number of benzene rings is 1. The van der Waals surface area contributed by atoms with Crippen molar-refractivity contribution in [1.29, 1.82) is 0 Å². The fourth-order valence-electron chi connectivity index (χ4n) is 1.73. The molecule has 0 saturated heterocycles. The van der Waals surface area contributed by atoms with Crippen LogP contribution in [0.4, 0.5) is 0 Å². The standard InChI is InChI=1S/C14H19NO3/c1-4-15(9-10(2)3)13(16)11-5-7-12(8-6-11)14(17)18/h5-8,10H,4,9H2,1-3H3,(H,17,18). The molecule has 0 atom stereocenters. The van der Waals surface area contributed by atoms with E-state index in [-0.39, 0.29) is 11.5 Å². The smallest absolute Gasteiger partial charge is 0.335 e. The minimum absolute atomic E-state index is 0.0526. The quantitative estimate of drug-likeness (QED) is 0.872. The maximum absolute atomic E-state index is 12.2. The van der Waals surface area contributed by atoms with Gasteiger partial charge in [-0.25, -0.2) is 4.79 Å². The fourth-order valence-corrected chi connectivity index (χ4v) is 1.73. The van der Waals surface area contributed by atoms with E-state index in [1.165, 1.54) is 12.1 Å². The highest BCUT2D eigenvalue weighted by atomic mass is 16.4. The van der Waals surface area contributed by atoms with Gasteiger partial charge < -0.3 is 10.0 Å². The zero-order chi connectivity index (χ0) is 13.7. The normalized spacial score (nSPS) is 10.4. The lowest BCUT2D eigenvalue weighted by Crippen LogP contribution is -2.33. The van der Waals surface area contributed by atoms with Crippen molar-refractivity contribution >= 4 is 11.9 Å². The van der Waals surface area contributed by atoms with E-state index in [1.807, 2.05) is 6.92 Å². The van der Waals surface area contributed by atoms with Crippen LogP contribution in [-0.2, 0) is 0 Å². The molecule has 98 valence electrons. The number of carboxylic acid groups (broad SMARTS) is 1. The molecule has 1 aromatic carbocycles. The topological polar surface area (TPSA) is 57.6 Å². The highest BCUT2D eigenvalue weighted by Gasteiger charge is 2.15. The summed E-state index contributed by atoms with van der Waals surface area (Å²) in [4.78, 5) is 24.7. The van der Waals surface area contributed by atoms with Gasteiger partial charge in [-0.05, 0) is 37.1 Å². The van der Waals surface area contributed by atoms with Crippen LogP contribution in [0.3, 0.4) is 0 Å².